The fraction of sp³-hybridized carbons (Fsp3) is 0.333. The van der Waals surface area contributed by atoms with Crippen LogP contribution in [0.3, 0.4) is 0 Å². The normalized spacial score (nSPS) is 18.8. The largest absolute Gasteiger partial charge is 0.392 e. The summed E-state index contributed by atoms with van der Waals surface area (Å²) in [5, 5.41) is 11.6. The number of hydrogen-bond acceptors (Lipinski definition) is 3. The predicted octanol–water partition coefficient (Wildman–Crippen LogP) is 3.36. The summed E-state index contributed by atoms with van der Waals surface area (Å²) in [6, 6.07) is 10.8. The van der Waals surface area contributed by atoms with Crippen LogP contribution in [0.2, 0.25) is 0 Å². The van der Waals surface area contributed by atoms with Gasteiger partial charge < -0.3 is 10.0 Å². The Balaban J connectivity index is 1.99. The minimum absolute atomic E-state index is 0.107. The van der Waals surface area contributed by atoms with E-state index >= 15 is 0 Å². The van der Waals surface area contributed by atoms with Crippen LogP contribution in [-0.2, 0) is 13.0 Å². The molecular formula is C15H17NOS. The van der Waals surface area contributed by atoms with Crippen molar-refractivity contribution in [2.24, 2.45) is 0 Å². The van der Waals surface area contributed by atoms with E-state index in [-0.39, 0.29) is 6.61 Å². The Morgan fingerprint density at radius 3 is 3.00 bits per heavy atom. The minimum Gasteiger partial charge on any atom is -0.392 e. The van der Waals surface area contributed by atoms with Gasteiger partial charge in [0.2, 0.25) is 0 Å². The Hall–Kier alpha value is -1.32. The van der Waals surface area contributed by atoms with E-state index in [0.717, 1.165) is 18.5 Å². The molecule has 1 atom stereocenters. The first-order chi connectivity index (χ1) is 8.81. The van der Waals surface area contributed by atoms with Gasteiger partial charge in [0.15, 0.2) is 0 Å². The maximum absolute atomic E-state index is 9.47. The molecule has 2 heterocycles. The Morgan fingerprint density at radius 1 is 1.33 bits per heavy atom. The Morgan fingerprint density at radius 2 is 2.17 bits per heavy atom. The van der Waals surface area contributed by atoms with Gasteiger partial charge in [0.25, 0.3) is 0 Å². The van der Waals surface area contributed by atoms with Crippen LogP contribution in [0, 0.1) is 0 Å². The number of anilines is 1. The third-order valence-electron chi connectivity index (χ3n) is 3.75. The van der Waals surface area contributed by atoms with E-state index in [1.165, 1.54) is 16.1 Å². The summed E-state index contributed by atoms with van der Waals surface area (Å²) in [7, 11) is 0. The van der Waals surface area contributed by atoms with E-state index in [2.05, 4.69) is 29.3 Å². The molecule has 0 bridgehead atoms. The summed E-state index contributed by atoms with van der Waals surface area (Å²) in [5.41, 5.74) is 3.63. The molecule has 0 radical (unpaired) electrons. The van der Waals surface area contributed by atoms with Crippen LogP contribution in [0.5, 0.6) is 0 Å². The zero-order valence-corrected chi connectivity index (χ0v) is 11.3. The highest BCUT2D eigenvalue weighted by atomic mass is 32.1. The predicted molar refractivity (Wildman–Crippen MR) is 76.1 cm³/mol. The molecule has 1 N–H and O–H groups in total. The molecule has 0 spiro atoms. The lowest BCUT2D eigenvalue weighted by atomic mass is 9.99. The van der Waals surface area contributed by atoms with Gasteiger partial charge >= 0.3 is 0 Å². The molecule has 3 heteroatoms. The zero-order chi connectivity index (χ0) is 12.5. The third kappa shape index (κ3) is 1.84. The number of aliphatic hydroxyl groups excluding tert-OH is 1. The monoisotopic (exact) mass is 259 g/mol. The summed E-state index contributed by atoms with van der Waals surface area (Å²) >= 11 is 1.86. The van der Waals surface area contributed by atoms with Gasteiger partial charge in [-0.05, 0) is 36.4 Å². The molecule has 0 fully saturated rings. The Bertz CT molecular complexity index is 549. The molecule has 3 rings (SSSR count). The first-order valence-corrected chi connectivity index (χ1v) is 7.21. The second-order valence-corrected chi connectivity index (χ2v) is 5.71. The minimum atomic E-state index is 0.107. The van der Waals surface area contributed by atoms with Crippen molar-refractivity contribution in [2.75, 3.05) is 11.4 Å². The van der Waals surface area contributed by atoms with Crippen molar-refractivity contribution < 1.29 is 5.11 Å². The van der Waals surface area contributed by atoms with Crippen molar-refractivity contribution in [3.05, 3.63) is 51.7 Å². The van der Waals surface area contributed by atoms with Crippen LogP contribution in [-0.4, -0.2) is 11.7 Å². The molecule has 0 amide bonds. The smallest absolute Gasteiger partial charge is 0.0702 e. The molecule has 2 nitrogen and oxygen atoms in total. The average molecular weight is 259 g/mol. The topological polar surface area (TPSA) is 23.5 Å². The lowest BCUT2D eigenvalue weighted by Gasteiger charge is -2.36. The summed E-state index contributed by atoms with van der Waals surface area (Å²) in [6.07, 6.45) is 1.11. The van der Waals surface area contributed by atoms with Crippen LogP contribution < -0.4 is 4.90 Å². The molecule has 1 aliphatic rings. The van der Waals surface area contributed by atoms with Gasteiger partial charge in [0.1, 0.15) is 0 Å². The molecule has 0 saturated carbocycles. The number of rotatable bonds is 2. The van der Waals surface area contributed by atoms with Gasteiger partial charge in [0, 0.05) is 22.7 Å². The van der Waals surface area contributed by atoms with Crippen molar-refractivity contribution in [2.45, 2.75) is 26.0 Å². The van der Waals surface area contributed by atoms with Gasteiger partial charge in [-0.3, -0.25) is 0 Å². The number of hydrogen-bond donors (Lipinski definition) is 1. The lowest BCUT2D eigenvalue weighted by Crippen LogP contribution is -2.33. The second-order valence-electron chi connectivity index (χ2n) is 4.71. The highest BCUT2D eigenvalue weighted by molar-refractivity contribution is 7.10. The molecule has 1 unspecified atom stereocenters. The molecule has 0 aliphatic carbocycles. The van der Waals surface area contributed by atoms with Gasteiger partial charge in [-0.25, -0.2) is 0 Å². The molecule has 1 aromatic carbocycles. The zero-order valence-electron chi connectivity index (χ0n) is 10.5. The molecule has 1 aliphatic heterocycles. The highest BCUT2D eigenvalue weighted by Crippen LogP contribution is 2.37. The standard InChI is InChI=1S/C15H17NOS/c1-11-13-7-9-18-15(13)6-8-16(11)14-5-3-2-4-12(14)10-17/h2-5,7,9,11,17H,6,8,10H2,1H3. The molecular weight excluding hydrogens is 242 g/mol. The summed E-state index contributed by atoms with van der Waals surface area (Å²) in [5.74, 6) is 0. The second kappa shape index (κ2) is 4.75. The Kier molecular flexibility index (Phi) is 3.10. The van der Waals surface area contributed by atoms with Crippen molar-refractivity contribution in [3.63, 3.8) is 0 Å². The van der Waals surface area contributed by atoms with Gasteiger partial charge in [-0.1, -0.05) is 18.2 Å². The molecule has 1 aromatic heterocycles. The van der Waals surface area contributed by atoms with E-state index in [1.807, 2.05) is 29.5 Å². The highest BCUT2D eigenvalue weighted by Gasteiger charge is 2.25. The van der Waals surface area contributed by atoms with E-state index in [9.17, 15) is 5.11 Å². The number of para-hydroxylation sites is 1. The number of nitrogens with zero attached hydrogens (tertiary/aromatic N) is 1. The van der Waals surface area contributed by atoms with Gasteiger partial charge in [-0.2, -0.15) is 0 Å². The quantitative estimate of drug-likeness (QED) is 0.894. The van der Waals surface area contributed by atoms with Gasteiger partial charge in [-0.15, -0.1) is 11.3 Å². The fourth-order valence-corrected chi connectivity index (χ4v) is 3.73. The van der Waals surface area contributed by atoms with E-state index in [0.29, 0.717) is 6.04 Å². The van der Waals surface area contributed by atoms with Crippen LogP contribution in [0.15, 0.2) is 35.7 Å². The number of thiophene rings is 1. The van der Waals surface area contributed by atoms with Crippen LogP contribution >= 0.6 is 11.3 Å². The SMILES string of the molecule is CC1c2ccsc2CCN1c1ccccc1CO. The number of benzene rings is 1. The summed E-state index contributed by atoms with van der Waals surface area (Å²) in [4.78, 5) is 3.92. The average Bonchev–Trinajstić information content (AvgIpc) is 2.88. The van der Waals surface area contributed by atoms with Crippen molar-refractivity contribution in [1.82, 2.24) is 0 Å². The first kappa shape index (κ1) is 11.8. The fourth-order valence-electron chi connectivity index (χ4n) is 2.76. The molecule has 2 aromatic rings. The van der Waals surface area contributed by atoms with E-state index in [4.69, 9.17) is 0 Å². The Labute approximate surface area is 112 Å². The number of aliphatic hydroxyl groups is 1. The first-order valence-electron chi connectivity index (χ1n) is 6.33. The summed E-state index contributed by atoms with van der Waals surface area (Å²) < 4.78 is 0. The van der Waals surface area contributed by atoms with Crippen LogP contribution in [0.1, 0.15) is 29.0 Å². The molecule has 18 heavy (non-hydrogen) atoms. The summed E-state index contributed by atoms with van der Waals surface area (Å²) in [6.45, 7) is 3.39. The van der Waals surface area contributed by atoms with Gasteiger partial charge in [0.05, 0.1) is 12.6 Å². The molecule has 0 saturated heterocycles. The maximum atomic E-state index is 9.47. The third-order valence-corrected chi connectivity index (χ3v) is 4.75. The van der Waals surface area contributed by atoms with Crippen molar-refractivity contribution >= 4 is 17.0 Å². The maximum Gasteiger partial charge on any atom is 0.0702 e. The lowest BCUT2D eigenvalue weighted by molar-refractivity contribution is 0.282. The van der Waals surface area contributed by atoms with Crippen molar-refractivity contribution in [3.8, 4) is 0 Å². The van der Waals surface area contributed by atoms with Crippen LogP contribution in [0.25, 0.3) is 0 Å². The van der Waals surface area contributed by atoms with Crippen molar-refractivity contribution in [1.29, 1.82) is 0 Å². The van der Waals surface area contributed by atoms with Crippen LogP contribution in [0.4, 0.5) is 5.69 Å². The van der Waals surface area contributed by atoms with E-state index in [1.54, 1.807) is 0 Å². The number of fused-ring (bicyclic) bond motifs is 1. The van der Waals surface area contributed by atoms with E-state index < -0.39 is 0 Å². The molecule has 94 valence electrons.